The van der Waals surface area contributed by atoms with Gasteiger partial charge in [0.05, 0.1) is 12.2 Å². The number of rotatable bonds is 2. The van der Waals surface area contributed by atoms with Crippen LogP contribution in [-0.2, 0) is 14.3 Å². The summed E-state index contributed by atoms with van der Waals surface area (Å²) in [4.78, 5) is 25.0. The fourth-order valence-electron chi connectivity index (χ4n) is 1.75. The Hall–Kier alpha value is -1.52. The maximum Gasteiger partial charge on any atom is 0.414 e. The van der Waals surface area contributed by atoms with Crippen molar-refractivity contribution in [1.82, 2.24) is 4.90 Å². The molecule has 0 aromatic carbocycles. The molecule has 0 atom stereocenters. The third-order valence-corrected chi connectivity index (χ3v) is 2.56. The summed E-state index contributed by atoms with van der Waals surface area (Å²) in [7, 11) is 0. The molecule has 1 heterocycles. The number of allylic oxidation sites excluding steroid dienone is 1. The van der Waals surface area contributed by atoms with Crippen molar-refractivity contribution in [2.24, 2.45) is 0 Å². The number of carbonyl (C=O) groups is 2. The van der Waals surface area contributed by atoms with E-state index in [9.17, 15) is 9.59 Å². The summed E-state index contributed by atoms with van der Waals surface area (Å²) in [6.07, 6.45) is 0.100. The second kappa shape index (κ2) is 5.42. The lowest BCUT2D eigenvalue weighted by atomic mass is 10.2. The predicted molar refractivity (Wildman–Crippen MR) is 66.9 cm³/mol. The van der Waals surface area contributed by atoms with E-state index in [0.29, 0.717) is 30.8 Å². The van der Waals surface area contributed by atoms with E-state index in [1.165, 1.54) is 4.90 Å². The molecule has 5 heteroatoms. The highest BCUT2D eigenvalue weighted by Crippen LogP contribution is 2.25. The summed E-state index contributed by atoms with van der Waals surface area (Å²) in [6.45, 7) is 9.74. The van der Waals surface area contributed by atoms with Gasteiger partial charge in [0, 0.05) is 12.2 Å². The topological polar surface area (TPSA) is 55.8 Å². The molecule has 0 aromatic rings. The lowest BCUT2D eigenvalue weighted by Gasteiger charge is -2.25. The van der Waals surface area contributed by atoms with Crippen LogP contribution >= 0.6 is 0 Å². The normalized spacial score (nSPS) is 15.9. The summed E-state index contributed by atoms with van der Waals surface area (Å²) in [6, 6.07) is 0. The molecule has 0 aromatic heterocycles. The first-order valence-corrected chi connectivity index (χ1v) is 6.13. The summed E-state index contributed by atoms with van der Waals surface area (Å²) in [5.74, 6) is -0.346. The van der Waals surface area contributed by atoms with Crippen LogP contribution in [0.4, 0.5) is 4.79 Å². The molecule has 0 saturated heterocycles. The standard InChI is InChI=1S/C13H21NO4/c1-6-17-11(15)10-7-8-14(9(10)2)12(16)18-13(3,4)5/h6-8H2,1-5H3. The van der Waals surface area contributed by atoms with Crippen LogP contribution in [0.5, 0.6) is 0 Å². The highest BCUT2D eigenvalue weighted by Gasteiger charge is 2.31. The quantitative estimate of drug-likeness (QED) is 0.711. The van der Waals surface area contributed by atoms with Gasteiger partial charge in [-0.25, -0.2) is 9.59 Å². The van der Waals surface area contributed by atoms with Gasteiger partial charge in [-0.1, -0.05) is 0 Å². The number of hydrogen-bond acceptors (Lipinski definition) is 4. The first kappa shape index (κ1) is 14.5. The third kappa shape index (κ3) is 3.48. The smallest absolute Gasteiger partial charge is 0.414 e. The molecule has 18 heavy (non-hydrogen) atoms. The Morgan fingerprint density at radius 3 is 2.44 bits per heavy atom. The van der Waals surface area contributed by atoms with Crippen molar-refractivity contribution in [3.8, 4) is 0 Å². The van der Waals surface area contributed by atoms with Crippen molar-refractivity contribution in [2.75, 3.05) is 13.2 Å². The molecule has 102 valence electrons. The van der Waals surface area contributed by atoms with E-state index in [4.69, 9.17) is 9.47 Å². The van der Waals surface area contributed by atoms with Gasteiger partial charge in [-0.2, -0.15) is 0 Å². The third-order valence-electron chi connectivity index (χ3n) is 2.56. The zero-order chi connectivity index (χ0) is 13.9. The van der Waals surface area contributed by atoms with Crippen LogP contribution in [0.25, 0.3) is 0 Å². The zero-order valence-corrected chi connectivity index (χ0v) is 11.7. The number of nitrogens with zero attached hydrogens (tertiary/aromatic N) is 1. The van der Waals surface area contributed by atoms with Gasteiger partial charge in [0.1, 0.15) is 5.60 Å². The summed E-state index contributed by atoms with van der Waals surface area (Å²) in [5.41, 5.74) is 0.648. The Morgan fingerprint density at radius 1 is 1.33 bits per heavy atom. The van der Waals surface area contributed by atoms with E-state index < -0.39 is 11.7 Å². The van der Waals surface area contributed by atoms with Gasteiger partial charge < -0.3 is 9.47 Å². The molecule has 0 spiro atoms. The molecular weight excluding hydrogens is 234 g/mol. The molecule has 0 unspecified atom stereocenters. The molecule has 1 rings (SSSR count). The average Bonchev–Trinajstić information content (AvgIpc) is 2.57. The van der Waals surface area contributed by atoms with Crippen LogP contribution in [-0.4, -0.2) is 35.7 Å². The molecule has 0 aliphatic carbocycles. The fraction of sp³-hybridized carbons (Fsp3) is 0.692. The van der Waals surface area contributed by atoms with E-state index in [-0.39, 0.29) is 5.97 Å². The van der Waals surface area contributed by atoms with Crippen LogP contribution in [0.1, 0.15) is 41.0 Å². The average molecular weight is 255 g/mol. The Labute approximate surface area is 108 Å². The minimum absolute atomic E-state index is 0.335. The van der Waals surface area contributed by atoms with Gasteiger partial charge >= 0.3 is 12.1 Å². The van der Waals surface area contributed by atoms with E-state index in [1.807, 2.05) is 20.8 Å². The van der Waals surface area contributed by atoms with Crippen molar-refractivity contribution in [3.63, 3.8) is 0 Å². The number of ether oxygens (including phenoxy) is 2. The van der Waals surface area contributed by atoms with Gasteiger partial charge in [0.25, 0.3) is 0 Å². The van der Waals surface area contributed by atoms with Gasteiger partial charge in [0.15, 0.2) is 0 Å². The number of esters is 1. The van der Waals surface area contributed by atoms with Gasteiger partial charge in [0.2, 0.25) is 0 Å². The Kier molecular flexibility index (Phi) is 4.38. The monoisotopic (exact) mass is 255 g/mol. The van der Waals surface area contributed by atoms with Crippen LogP contribution < -0.4 is 0 Å². The number of amides is 1. The minimum atomic E-state index is -0.538. The highest BCUT2D eigenvalue weighted by atomic mass is 16.6. The molecule has 0 radical (unpaired) electrons. The van der Waals surface area contributed by atoms with Gasteiger partial charge in [-0.3, -0.25) is 4.90 Å². The molecular formula is C13H21NO4. The van der Waals surface area contributed by atoms with E-state index in [2.05, 4.69) is 0 Å². The summed E-state index contributed by atoms with van der Waals surface area (Å²) in [5, 5.41) is 0. The van der Waals surface area contributed by atoms with E-state index >= 15 is 0 Å². The highest BCUT2D eigenvalue weighted by molar-refractivity contribution is 5.91. The van der Waals surface area contributed by atoms with Crippen LogP contribution in [0.3, 0.4) is 0 Å². The van der Waals surface area contributed by atoms with E-state index in [0.717, 1.165) is 0 Å². The molecule has 0 fully saturated rings. The summed E-state index contributed by atoms with van der Waals surface area (Å²) < 4.78 is 10.2. The number of hydrogen-bond donors (Lipinski definition) is 0. The van der Waals surface area contributed by atoms with Gasteiger partial charge in [-0.05, 0) is 41.0 Å². The first-order valence-electron chi connectivity index (χ1n) is 6.13. The second-order valence-electron chi connectivity index (χ2n) is 5.17. The van der Waals surface area contributed by atoms with E-state index in [1.54, 1.807) is 13.8 Å². The Morgan fingerprint density at radius 2 is 1.94 bits per heavy atom. The maximum absolute atomic E-state index is 11.9. The minimum Gasteiger partial charge on any atom is -0.463 e. The van der Waals surface area contributed by atoms with Crippen molar-refractivity contribution >= 4 is 12.1 Å². The largest absolute Gasteiger partial charge is 0.463 e. The van der Waals surface area contributed by atoms with Crippen molar-refractivity contribution in [2.45, 2.75) is 46.6 Å². The molecule has 1 amide bonds. The predicted octanol–water partition coefficient (Wildman–Crippen LogP) is 2.46. The molecule has 0 bridgehead atoms. The maximum atomic E-state index is 11.9. The molecule has 0 N–H and O–H groups in total. The lowest BCUT2D eigenvalue weighted by Crippen LogP contribution is -2.34. The van der Waals surface area contributed by atoms with Crippen molar-refractivity contribution < 1.29 is 19.1 Å². The second-order valence-corrected chi connectivity index (χ2v) is 5.17. The molecule has 1 aliphatic heterocycles. The van der Waals surface area contributed by atoms with Crippen LogP contribution in [0.2, 0.25) is 0 Å². The molecule has 1 aliphatic rings. The SMILES string of the molecule is CCOC(=O)C1=C(C)N(C(=O)OC(C)(C)C)CC1. The number of carbonyl (C=O) groups excluding carboxylic acids is 2. The van der Waals surface area contributed by atoms with Crippen LogP contribution in [0, 0.1) is 0 Å². The van der Waals surface area contributed by atoms with Crippen molar-refractivity contribution in [3.05, 3.63) is 11.3 Å². The lowest BCUT2D eigenvalue weighted by molar-refractivity contribution is -0.138. The first-order chi connectivity index (χ1) is 8.26. The Bertz CT molecular complexity index is 379. The molecule has 5 nitrogen and oxygen atoms in total. The van der Waals surface area contributed by atoms with Crippen molar-refractivity contribution in [1.29, 1.82) is 0 Å². The zero-order valence-electron chi connectivity index (χ0n) is 11.7. The summed E-state index contributed by atoms with van der Waals surface area (Å²) >= 11 is 0. The van der Waals surface area contributed by atoms with Gasteiger partial charge in [-0.15, -0.1) is 0 Å². The molecule has 0 saturated carbocycles. The van der Waals surface area contributed by atoms with Crippen LogP contribution in [0.15, 0.2) is 11.3 Å². The Balaban J connectivity index is 2.77. The fourth-order valence-corrected chi connectivity index (χ4v) is 1.75.